The van der Waals surface area contributed by atoms with Crippen LogP contribution in [0.4, 0.5) is 14.5 Å². The van der Waals surface area contributed by atoms with Crippen LogP contribution in [0.1, 0.15) is 12.5 Å². The number of rotatable bonds is 3. The minimum atomic E-state index is -0.486. The van der Waals surface area contributed by atoms with Crippen molar-refractivity contribution in [3.8, 4) is 0 Å². The summed E-state index contributed by atoms with van der Waals surface area (Å²) in [5.74, 6) is -0.972. The number of hydrogen-bond acceptors (Lipinski definition) is 3. The van der Waals surface area contributed by atoms with E-state index in [9.17, 15) is 8.78 Å². The van der Waals surface area contributed by atoms with Crippen molar-refractivity contribution in [3.05, 3.63) is 29.3 Å². The zero-order chi connectivity index (χ0) is 14.0. The summed E-state index contributed by atoms with van der Waals surface area (Å²) in [5, 5.41) is 0. The van der Waals surface area contributed by atoms with Gasteiger partial charge in [0.25, 0.3) is 0 Å². The Balaban J connectivity index is 2.25. The predicted octanol–water partition coefficient (Wildman–Crippen LogP) is 1.61. The highest BCUT2D eigenvalue weighted by Crippen LogP contribution is 2.27. The molecule has 1 aliphatic heterocycles. The second-order valence-corrected chi connectivity index (χ2v) is 5.22. The first-order valence-corrected chi connectivity index (χ1v) is 6.66. The topological polar surface area (TPSA) is 32.5 Å². The van der Waals surface area contributed by atoms with Gasteiger partial charge in [-0.15, -0.1) is 0 Å². The zero-order valence-electron chi connectivity index (χ0n) is 11.5. The van der Waals surface area contributed by atoms with Crippen LogP contribution in [0, 0.1) is 11.6 Å². The summed E-state index contributed by atoms with van der Waals surface area (Å²) in [4.78, 5) is 3.98. The highest BCUT2D eigenvalue weighted by atomic mass is 19.1. The number of halogens is 2. The summed E-state index contributed by atoms with van der Waals surface area (Å²) in [5.41, 5.74) is 6.13. The lowest BCUT2D eigenvalue weighted by Gasteiger charge is -2.39. The first kappa shape index (κ1) is 14.2. The second-order valence-electron chi connectivity index (χ2n) is 5.22. The van der Waals surface area contributed by atoms with Gasteiger partial charge < -0.3 is 15.5 Å². The molecule has 0 spiro atoms. The smallest absolute Gasteiger partial charge is 0.149 e. The number of likely N-dealkylation sites (N-methyl/N-ethyl adjacent to an activating group) is 1. The van der Waals surface area contributed by atoms with E-state index in [4.69, 9.17) is 5.73 Å². The quantitative estimate of drug-likeness (QED) is 0.905. The summed E-state index contributed by atoms with van der Waals surface area (Å²) >= 11 is 0. The molecule has 1 aromatic carbocycles. The van der Waals surface area contributed by atoms with Crippen LogP contribution in [0.5, 0.6) is 0 Å². The number of nitrogens with two attached hydrogens (primary N) is 1. The van der Waals surface area contributed by atoms with Crippen LogP contribution < -0.4 is 10.6 Å². The number of hydrogen-bond donors (Lipinski definition) is 1. The van der Waals surface area contributed by atoms with Crippen LogP contribution in [0.2, 0.25) is 0 Å². The first-order valence-electron chi connectivity index (χ1n) is 6.66. The number of nitrogens with zero attached hydrogens (tertiary/aromatic N) is 2. The van der Waals surface area contributed by atoms with Crippen LogP contribution in [0.15, 0.2) is 12.1 Å². The van der Waals surface area contributed by atoms with Gasteiger partial charge in [0.05, 0.1) is 0 Å². The van der Waals surface area contributed by atoms with Crippen LogP contribution in [0.3, 0.4) is 0 Å². The van der Waals surface area contributed by atoms with E-state index in [2.05, 4.69) is 11.8 Å². The summed E-state index contributed by atoms with van der Waals surface area (Å²) in [6.45, 7) is 4.55. The molecule has 3 nitrogen and oxygen atoms in total. The molecule has 0 amide bonds. The zero-order valence-corrected chi connectivity index (χ0v) is 11.5. The van der Waals surface area contributed by atoms with E-state index in [-0.39, 0.29) is 11.7 Å². The van der Waals surface area contributed by atoms with Gasteiger partial charge in [-0.1, -0.05) is 0 Å². The number of benzene rings is 1. The summed E-state index contributed by atoms with van der Waals surface area (Å²) in [7, 11) is 2.03. The van der Waals surface area contributed by atoms with E-state index in [1.54, 1.807) is 4.90 Å². The minimum absolute atomic E-state index is 0.0979. The molecule has 1 unspecified atom stereocenters. The summed E-state index contributed by atoms with van der Waals surface area (Å²) in [6, 6.07) is 3.08. The minimum Gasteiger partial charge on any atom is -0.364 e. The molecule has 1 heterocycles. The van der Waals surface area contributed by atoms with Crippen LogP contribution in [-0.4, -0.2) is 44.2 Å². The van der Waals surface area contributed by atoms with Crippen molar-refractivity contribution in [2.75, 3.05) is 38.1 Å². The molecule has 1 fully saturated rings. The fourth-order valence-corrected chi connectivity index (χ4v) is 2.48. The van der Waals surface area contributed by atoms with Gasteiger partial charge >= 0.3 is 0 Å². The Morgan fingerprint density at radius 2 is 1.89 bits per heavy atom. The third kappa shape index (κ3) is 3.04. The highest BCUT2D eigenvalue weighted by Gasteiger charge is 2.25. The van der Waals surface area contributed by atoms with E-state index in [0.717, 1.165) is 6.54 Å². The van der Waals surface area contributed by atoms with Crippen LogP contribution in [0.25, 0.3) is 0 Å². The Hall–Kier alpha value is -1.20. The van der Waals surface area contributed by atoms with Gasteiger partial charge in [0, 0.05) is 25.7 Å². The van der Waals surface area contributed by atoms with Crippen LogP contribution in [-0.2, 0) is 6.42 Å². The number of piperazine rings is 1. The molecule has 2 rings (SSSR count). The molecule has 106 valence electrons. The van der Waals surface area contributed by atoms with E-state index in [1.807, 2.05) is 7.05 Å². The number of anilines is 1. The normalized spacial score (nSPS) is 20.9. The third-order valence-corrected chi connectivity index (χ3v) is 3.79. The van der Waals surface area contributed by atoms with Gasteiger partial charge in [-0.2, -0.15) is 0 Å². The fourth-order valence-electron chi connectivity index (χ4n) is 2.48. The van der Waals surface area contributed by atoms with Crippen molar-refractivity contribution in [1.29, 1.82) is 0 Å². The summed E-state index contributed by atoms with van der Waals surface area (Å²) in [6.07, 6.45) is 0.493. The molecular formula is C14H21F2N3. The van der Waals surface area contributed by atoms with Crippen molar-refractivity contribution in [2.45, 2.75) is 19.4 Å². The molecule has 2 N–H and O–H groups in total. The van der Waals surface area contributed by atoms with Crippen molar-refractivity contribution in [3.63, 3.8) is 0 Å². The van der Waals surface area contributed by atoms with Crippen molar-refractivity contribution >= 4 is 5.69 Å². The molecule has 19 heavy (non-hydrogen) atoms. The maximum absolute atomic E-state index is 14.1. The Morgan fingerprint density at radius 3 is 2.42 bits per heavy atom. The van der Waals surface area contributed by atoms with Gasteiger partial charge in [-0.25, -0.2) is 8.78 Å². The Labute approximate surface area is 113 Å². The molecule has 1 atom stereocenters. The maximum atomic E-state index is 14.1. The summed E-state index contributed by atoms with van der Waals surface area (Å²) < 4.78 is 28.2. The predicted molar refractivity (Wildman–Crippen MR) is 73.4 cm³/mol. The van der Waals surface area contributed by atoms with Crippen LogP contribution >= 0.6 is 0 Å². The highest BCUT2D eigenvalue weighted by molar-refractivity contribution is 5.51. The molecular weight excluding hydrogens is 248 g/mol. The monoisotopic (exact) mass is 269 g/mol. The lowest BCUT2D eigenvalue weighted by molar-refractivity contribution is 0.232. The molecule has 0 saturated carbocycles. The van der Waals surface area contributed by atoms with E-state index in [1.165, 1.54) is 12.1 Å². The van der Waals surface area contributed by atoms with Crippen molar-refractivity contribution in [2.24, 2.45) is 5.73 Å². The second kappa shape index (κ2) is 5.84. The van der Waals surface area contributed by atoms with Crippen molar-refractivity contribution < 1.29 is 8.78 Å². The molecule has 1 aliphatic rings. The largest absolute Gasteiger partial charge is 0.364 e. The molecule has 0 radical (unpaired) electrons. The average Bonchev–Trinajstić information content (AvgIpc) is 2.33. The Morgan fingerprint density at radius 1 is 1.26 bits per heavy atom. The Kier molecular flexibility index (Phi) is 4.37. The maximum Gasteiger partial charge on any atom is 0.149 e. The lowest BCUT2D eigenvalue weighted by Crippen LogP contribution is -2.50. The Bertz CT molecular complexity index is 427. The van der Waals surface area contributed by atoms with E-state index < -0.39 is 11.6 Å². The molecule has 0 aromatic heterocycles. The van der Waals surface area contributed by atoms with Gasteiger partial charge in [0.1, 0.15) is 17.3 Å². The molecule has 1 saturated heterocycles. The van der Waals surface area contributed by atoms with Gasteiger partial charge in [-0.05, 0) is 44.6 Å². The molecule has 0 bridgehead atoms. The molecule has 1 aromatic rings. The SMILES string of the molecule is CC1CN(c2c(F)cc(CCN)cc2F)CCN1C. The molecule has 5 heteroatoms. The average molecular weight is 269 g/mol. The lowest BCUT2D eigenvalue weighted by atomic mass is 10.1. The van der Waals surface area contributed by atoms with Crippen molar-refractivity contribution in [1.82, 2.24) is 4.90 Å². The van der Waals surface area contributed by atoms with E-state index in [0.29, 0.717) is 31.6 Å². The van der Waals surface area contributed by atoms with E-state index >= 15 is 0 Å². The third-order valence-electron chi connectivity index (χ3n) is 3.79. The van der Waals surface area contributed by atoms with Gasteiger partial charge in [0.15, 0.2) is 0 Å². The standard InChI is InChI=1S/C14H21F2N3/c1-10-9-19(6-5-18(10)2)14-12(15)7-11(3-4-17)8-13(14)16/h7-8,10H,3-6,9,17H2,1-2H3. The van der Waals surface area contributed by atoms with Gasteiger partial charge in [0.2, 0.25) is 0 Å². The van der Waals surface area contributed by atoms with Gasteiger partial charge in [-0.3, -0.25) is 0 Å². The fraction of sp³-hybridized carbons (Fsp3) is 0.571. The molecule has 0 aliphatic carbocycles. The first-order chi connectivity index (χ1) is 9.02.